The van der Waals surface area contributed by atoms with Gasteiger partial charge in [-0.2, -0.15) is 0 Å². The smallest absolute Gasteiger partial charge is 0.241 e. The lowest BCUT2D eigenvalue weighted by Gasteiger charge is -2.25. The monoisotopic (exact) mass is 296 g/mol. The van der Waals surface area contributed by atoms with Crippen molar-refractivity contribution in [3.8, 4) is 0 Å². The van der Waals surface area contributed by atoms with Crippen LogP contribution in [0.2, 0.25) is 0 Å². The standard InChI is InChI=1S/C15H24N2O2S/c1-3-13-7-6-12(11-16)10-14(13)20(18,19)17-15(2)8-4-5-9-15/h6-7,10,17H,3-5,8-9,11,16H2,1-2H3. The van der Waals surface area contributed by atoms with Crippen molar-refractivity contribution in [3.05, 3.63) is 29.3 Å². The molecule has 1 saturated carbocycles. The largest absolute Gasteiger partial charge is 0.326 e. The van der Waals surface area contributed by atoms with Crippen molar-refractivity contribution in [2.45, 2.75) is 62.9 Å². The van der Waals surface area contributed by atoms with Gasteiger partial charge in [0.1, 0.15) is 0 Å². The summed E-state index contributed by atoms with van der Waals surface area (Å²) in [5.74, 6) is 0. The van der Waals surface area contributed by atoms with Gasteiger partial charge in [-0.1, -0.05) is 31.9 Å². The minimum atomic E-state index is -3.48. The minimum Gasteiger partial charge on any atom is -0.326 e. The number of hydrogen-bond acceptors (Lipinski definition) is 3. The van der Waals surface area contributed by atoms with Crippen LogP contribution in [0.3, 0.4) is 0 Å². The van der Waals surface area contributed by atoms with Gasteiger partial charge in [0.05, 0.1) is 4.90 Å². The molecule has 1 aliphatic rings. The third kappa shape index (κ3) is 3.22. The topological polar surface area (TPSA) is 72.2 Å². The Balaban J connectivity index is 2.37. The first-order valence-electron chi connectivity index (χ1n) is 7.26. The Hall–Kier alpha value is -0.910. The predicted molar refractivity (Wildman–Crippen MR) is 80.9 cm³/mol. The van der Waals surface area contributed by atoms with Gasteiger partial charge < -0.3 is 5.73 Å². The second-order valence-electron chi connectivity index (χ2n) is 5.87. The van der Waals surface area contributed by atoms with Crippen LogP contribution < -0.4 is 10.5 Å². The van der Waals surface area contributed by atoms with Crippen molar-refractivity contribution in [3.63, 3.8) is 0 Å². The van der Waals surface area contributed by atoms with Crippen LogP contribution in [-0.2, 0) is 23.0 Å². The van der Waals surface area contributed by atoms with Gasteiger partial charge in [-0.15, -0.1) is 0 Å². The van der Waals surface area contributed by atoms with E-state index >= 15 is 0 Å². The number of hydrogen-bond donors (Lipinski definition) is 2. The predicted octanol–water partition coefficient (Wildman–Crippen LogP) is 2.32. The first kappa shape index (κ1) is 15.5. The van der Waals surface area contributed by atoms with Gasteiger partial charge in [0.25, 0.3) is 0 Å². The minimum absolute atomic E-state index is 0.303. The summed E-state index contributed by atoms with van der Waals surface area (Å²) < 4.78 is 28.3. The number of benzene rings is 1. The molecule has 2 rings (SSSR count). The van der Waals surface area contributed by atoms with Crippen LogP contribution in [0.25, 0.3) is 0 Å². The van der Waals surface area contributed by atoms with E-state index in [1.54, 1.807) is 6.07 Å². The number of rotatable bonds is 5. The number of aryl methyl sites for hydroxylation is 1. The summed E-state index contributed by atoms with van der Waals surface area (Å²) in [6, 6.07) is 5.47. The Labute approximate surface area is 121 Å². The van der Waals surface area contributed by atoms with Crippen LogP contribution in [0.15, 0.2) is 23.1 Å². The molecular formula is C15H24N2O2S. The fourth-order valence-corrected chi connectivity index (χ4v) is 4.73. The molecule has 1 fully saturated rings. The van der Waals surface area contributed by atoms with Crippen LogP contribution in [0, 0.1) is 0 Å². The van der Waals surface area contributed by atoms with Gasteiger partial charge in [-0.05, 0) is 43.4 Å². The summed E-state index contributed by atoms with van der Waals surface area (Å²) in [5, 5.41) is 0. The normalized spacial score (nSPS) is 18.4. The fraction of sp³-hybridized carbons (Fsp3) is 0.600. The summed E-state index contributed by atoms with van der Waals surface area (Å²) in [4.78, 5) is 0.385. The average molecular weight is 296 g/mol. The van der Waals surface area contributed by atoms with Crippen molar-refractivity contribution in [2.75, 3.05) is 0 Å². The maximum Gasteiger partial charge on any atom is 0.241 e. The van der Waals surface area contributed by atoms with Crippen LogP contribution in [0.4, 0.5) is 0 Å². The number of nitrogens with two attached hydrogens (primary N) is 1. The molecule has 0 radical (unpaired) electrons. The van der Waals surface area contributed by atoms with E-state index in [1.807, 2.05) is 26.0 Å². The second kappa shape index (κ2) is 5.84. The summed E-state index contributed by atoms with van der Waals surface area (Å²) in [5.41, 5.74) is 7.02. The zero-order valence-corrected chi connectivity index (χ0v) is 13.1. The Morgan fingerprint density at radius 3 is 2.50 bits per heavy atom. The van der Waals surface area contributed by atoms with E-state index in [0.29, 0.717) is 17.9 Å². The number of nitrogens with one attached hydrogen (secondary N) is 1. The van der Waals surface area contributed by atoms with Crippen LogP contribution in [0.5, 0.6) is 0 Å². The molecule has 1 aromatic rings. The van der Waals surface area contributed by atoms with Crippen LogP contribution in [0.1, 0.15) is 50.7 Å². The van der Waals surface area contributed by atoms with Gasteiger partial charge in [-0.25, -0.2) is 13.1 Å². The van der Waals surface area contributed by atoms with E-state index in [-0.39, 0.29) is 5.54 Å². The van der Waals surface area contributed by atoms with Gasteiger partial charge in [0.15, 0.2) is 0 Å². The first-order chi connectivity index (χ1) is 9.40. The molecule has 0 amide bonds. The summed E-state index contributed by atoms with van der Waals surface area (Å²) in [6.07, 6.45) is 4.68. The molecule has 112 valence electrons. The van der Waals surface area contributed by atoms with Crippen molar-refractivity contribution >= 4 is 10.0 Å². The van der Waals surface area contributed by atoms with E-state index in [0.717, 1.165) is 36.8 Å². The van der Waals surface area contributed by atoms with Crippen molar-refractivity contribution in [2.24, 2.45) is 5.73 Å². The lowest BCUT2D eigenvalue weighted by atomic mass is 10.0. The highest BCUT2D eigenvalue weighted by Crippen LogP contribution is 2.31. The molecule has 0 saturated heterocycles. The molecular weight excluding hydrogens is 272 g/mol. The van der Waals surface area contributed by atoms with E-state index in [2.05, 4.69) is 4.72 Å². The Bertz CT molecular complexity index is 576. The second-order valence-corrected chi connectivity index (χ2v) is 7.52. The molecule has 3 N–H and O–H groups in total. The molecule has 1 aromatic carbocycles. The third-order valence-corrected chi connectivity index (χ3v) is 5.85. The molecule has 0 atom stereocenters. The Morgan fingerprint density at radius 2 is 1.95 bits per heavy atom. The maximum atomic E-state index is 12.7. The zero-order chi connectivity index (χ0) is 14.8. The molecule has 0 bridgehead atoms. The maximum absolute atomic E-state index is 12.7. The molecule has 0 spiro atoms. The number of sulfonamides is 1. The van der Waals surface area contributed by atoms with Crippen molar-refractivity contribution in [1.29, 1.82) is 0 Å². The van der Waals surface area contributed by atoms with E-state index < -0.39 is 10.0 Å². The SMILES string of the molecule is CCc1ccc(CN)cc1S(=O)(=O)NC1(C)CCCC1. The van der Waals surface area contributed by atoms with E-state index in [9.17, 15) is 8.42 Å². The quantitative estimate of drug-likeness (QED) is 0.876. The zero-order valence-electron chi connectivity index (χ0n) is 12.3. The molecule has 4 nitrogen and oxygen atoms in total. The van der Waals surface area contributed by atoms with Gasteiger partial charge in [0.2, 0.25) is 10.0 Å². The highest BCUT2D eigenvalue weighted by Gasteiger charge is 2.34. The molecule has 20 heavy (non-hydrogen) atoms. The summed E-state index contributed by atoms with van der Waals surface area (Å²) in [6.45, 7) is 4.31. The molecule has 0 unspecified atom stereocenters. The highest BCUT2D eigenvalue weighted by molar-refractivity contribution is 7.89. The van der Waals surface area contributed by atoms with Gasteiger partial charge in [-0.3, -0.25) is 0 Å². The molecule has 0 heterocycles. The summed E-state index contributed by atoms with van der Waals surface area (Å²) >= 11 is 0. The first-order valence-corrected chi connectivity index (χ1v) is 8.74. The molecule has 1 aliphatic carbocycles. The van der Waals surface area contributed by atoms with Gasteiger partial charge in [0, 0.05) is 12.1 Å². The van der Waals surface area contributed by atoms with Crippen LogP contribution >= 0.6 is 0 Å². The van der Waals surface area contributed by atoms with E-state index in [4.69, 9.17) is 5.73 Å². The Kier molecular flexibility index (Phi) is 4.52. The highest BCUT2D eigenvalue weighted by atomic mass is 32.2. The van der Waals surface area contributed by atoms with Crippen molar-refractivity contribution < 1.29 is 8.42 Å². The lowest BCUT2D eigenvalue weighted by Crippen LogP contribution is -2.43. The molecule has 0 aromatic heterocycles. The van der Waals surface area contributed by atoms with Gasteiger partial charge >= 0.3 is 0 Å². The fourth-order valence-electron chi connectivity index (χ4n) is 2.90. The molecule has 5 heteroatoms. The average Bonchev–Trinajstić information content (AvgIpc) is 2.83. The Morgan fingerprint density at radius 1 is 1.30 bits per heavy atom. The van der Waals surface area contributed by atoms with Crippen molar-refractivity contribution in [1.82, 2.24) is 4.72 Å². The summed E-state index contributed by atoms with van der Waals surface area (Å²) in [7, 11) is -3.48. The van der Waals surface area contributed by atoms with E-state index in [1.165, 1.54) is 0 Å². The van der Waals surface area contributed by atoms with Crippen LogP contribution in [-0.4, -0.2) is 14.0 Å². The lowest BCUT2D eigenvalue weighted by molar-refractivity contribution is 0.427. The third-order valence-electron chi connectivity index (χ3n) is 4.13. The molecule has 0 aliphatic heterocycles.